The Hall–Kier alpha value is -1.38. The van der Waals surface area contributed by atoms with E-state index in [0.29, 0.717) is 5.92 Å². The molecular formula is C13H19N3. The van der Waals surface area contributed by atoms with Crippen molar-refractivity contribution in [3.63, 3.8) is 0 Å². The van der Waals surface area contributed by atoms with Crippen LogP contribution in [0.2, 0.25) is 0 Å². The lowest BCUT2D eigenvalue weighted by Gasteiger charge is -2.27. The molecule has 0 aliphatic carbocycles. The third-order valence-corrected chi connectivity index (χ3v) is 3.03. The van der Waals surface area contributed by atoms with Crippen LogP contribution in [0.3, 0.4) is 0 Å². The van der Waals surface area contributed by atoms with E-state index in [1.807, 2.05) is 0 Å². The summed E-state index contributed by atoms with van der Waals surface area (Å²) in [5.41, 5.74) is 3.49. The molecular weight excluding hydrogens is 198 g/mol. The molecule has 1 aromatic carbocycles. The third kappa shape index (κ3) is 2.08. The number of rotatable bonds is 3. The van der Waals surface area contributed by atoms with Crippen LogP contribution in [-0.4, -0.2) is 15.4 Å². The number of nitrogens with one attached hydrogen (secondary N) is 1. The maximum atomic E-state index is 4.07. The van der Waals surface area contributed by atoms with Crippen LogP contribution in [0.4, 0.5) is 0 Å². The first kappa shape index (κ1) is 11.1. The summed E-state index contributed by atoms with van der Waals surface area (Å²) < 4.78 is 0. The topological polar surface area (TPSA) is 41.6 Å². The van der Waals surface area contributed by atoms with Gasteiger partial charge in [-0.15, -0.1) is 5.10 Å². The molecule has 3 nitrogen and oxygen atoms in total. The minimum Gasteiger partial charge on any atom is -0.258 e. The van der Waals surface area contributed by atoms with Crippen LogP contribution in [0.5, 0.6) is 0 Å². The molecule has 0 atom stereocenters. The number of aromatic nitrogens is 3. The fraction of sp³-hybridized carbons (Fsp3) is 0.538. The Morgan fingerprint density at radius 1 is 1.31 bits per heavy atom. The average Bonchev–Trinajstić information content (AvgIpc) is 2.61. The predicted octanol–water partition coefficient (Wildman–Crippen LogP) is 3.28. The smallest absolute Gasteiger partial charge is 0.113 e. The van der Waals surface area contributed by atoms with Crippen molar-refractivity contribution in [3.8, 4) is 0 Å². The second kappa shape index (κ2) is 3.89. The predicted molar refractivity (Wildman–Crippen MR) is 66.4 cm³/mol. The fourth-order valence-electron chi connectivity index (χ4n) is 2.40. The van der Waals surface area contributed by atoms with Crippen LogP contribution in [0, 0.1) is 5.92 Å². The van der Waals surface area contributed by atoms with Crippen LogP contribution in [-0.2, 0) is 5.41 Å². The molecule has 0 saturated heterocycles. The normalized spacial score (nSPS) is 12.6. The van der Waals surface area contributed by atoms with Crippen molar-refractivity contribution in [2.24, 2.45) is 5.92 Å². The summed E-state index contributed by atoms with van der Waals surface area (Å²) in [6, 6.07) is 6.37. The van der Waals surface area contributed by atoms with E-state index in [-0.39, 0.29) is 5.41 Å². The van der Waals surface area contributed by atoms with Gasteiger partial charge in [0.15, 0.2) is 0 Å². The first-order chi connectivity index (χ1) is 7.49. The van der Waals surface area contributed by atoms with E-state index >= 15 is 0 Å². The second-order valence-electron chi connectivity index (χ2n) is 5.53. The maximum absolute atomic E-state index is 4.07. The van der Waals surface area contributed by atoms with Crippen molar-refractivity contribution in [2.75, 3.05) is 0 Å². The molecule has 2 rings (SSSR count). The highest BCUT2D eigenvalue weighted by Gasteiger charge is 2.22. The molecule has 0 aliphatic heterocycles. The lowest BCUT2D eigenvalue weighted by Crippen LogP contribution is -2.19. The summed E-state index contributed by atoms with van der Waals surface area (Å²) in [6.07, 6.45) is 1.18. The molecule has 1 aromatic heterocycles. The van der Waals surface area contributed by atoms with Crippen molar-refractivity contribution in [1.29, 1.82) is 0 Å². The molecule has 1 heterocycles. The number of hydrogen-bond donors (Lipinski definition) is 1. The van der Waals surface area contributed by atoms with Crippen LogP contribution >= 0.6 is 0 Å². The van der Waals surface area contributed by atoms with Gasteiger partial charge in [0.25, 0.3) is 0 Å². The molecule has 0 fully saturated rings. The van der Waals surface area contributed by atoms with Crippen molar-refractivity contribution in [1.82, 2.24) is 15.4 Å². The van der Waals surface area contributed by atoms with E-state index in [9.17, 15) is 0 Å². The molecule has 0 bridgehead atoms. The standard InChI is InChI=1S/C13H19N3/c1-9(2)8-13(3,4)10-5-6-11-12(7-10)15-16-14-11/h5-7,9H,8H2,1-4H3,(H,14,15,16). The van der Waals surface area contributed by atoms with Crippen LogP contribution < -0.4 is 0 Å². The number of aromatic amines is 1. The highest BCUT2D eigenvalue weighted by molar-refractivity contribution is 5.74. The minimum absolute atomic E-state index is 0.196. The van der Waals surface area contributed by atoms with E-state index in [2.05, 4.69) is 61.3 Å². The Bertz CT molecular complexity index is 483. The molecule has 16 heavy (non-hydrogen) atoms. The summed E-state index contributed by atoms with van der Waals surface area (Å²) in [5, 5.41) is 10.8. The van der Waals surface area contributed by atoms with E-state index in [0.717, 1.165) is 11.0 Å². The van der Waals surface area contributed by atoms with Crippen LogP contribution in [0.1, 0.15) is 39.7 Å². The van der Waals surface area contributed by atoms with Gasteiger partial charge in [-0.1, -0.05) is 39.0 Å². The second-order valence-corrected chi connectivity index (χ2v) is 5.53. The van der Waals surface area contributed by atoms with Gasteiger partial charge in [-0.05, 0) is 35.4 Å². The van der Waals surface area contributed by atoms with Gasteiger partial charge in [0.1, 0.15) is 5.52 Å². The van der Waals surface area contributed by atoms with Gasteiger partial charge in [0.2, 0.25) is 0 Å². The molecule has 0 spiro atoms. The molecule has 0 saturated carbocycles. The Morgan fingerprint density at radius 3 is 2.75 bits per heavy atom. The zero-order valence-electron chi connectivity index (χ0n) is 10.4. The van der Waals surface area contributed by atoms with E-state index in [1.54, 1.807) is 0 Å². The van der Waals surface area contributed by atoms with E-state index in [4.69, 9.17) is 0 Å². The van der Waals surface area contributed by atoms with Gasteiger partial charge < -0.3 is 0 Å². The van der Waals surface area contributed by atoms with Crippen LogP contribution in [0.15, 0.2) is 18.2 Å². The van der Waals surface area contributed by atoms with Gasteiger partial charge in [-0.2, -0.15) is 0 Å². The quantitative estimate of drug-likeness (QED) is 0.857. The molecule has 1 N–H and O–H groups in total. The summed E-state index contributed by atoms with van der Waals surface area (Å²) >= 11 is 0. The van der Waals surface area contributed by atoms with Crippen molar-refractivity contribution in [3.05, 3.63) is 23.8 Å². The summed E-state index contributed by atoms with van der Waals surface area (Å²) in [5.74, 6) is 0.697. The number of nitrogens with zero attached hydrogens (tertiary/aromatic N) is 2. The Kier molecular flexibility index (Phi) is 2.70. The zero-order valence-corrected chi connectivity index (χ0v) is 10.4. The number of fused-ring (bicyclic) bond motifs is 1. The van der Waals surface area contributed by atoms with E-state index in [1.165, 1.54) is 12.0 Å². The number of H-pyrrole nitrogens is 1. The molecule has 2 aromatic rings. The molecule has 0 aliphatic rings. The van der Waals surface area contributed by atoms with Crippen molar-refractivity contribution in [2.45, 2.75) is 39.5 Å². The fourth-order valence-corrected chi connectivity index (χ4v) is 2.40. The number of benzene rings is 1. The molecule has 0 radical (unpaired) electrons. The average molecular weight is 217 g/mol. The summed E-state index contributed by atoms with van der Waals surface area (Å²) in [6.45, 7) is 9.09. The first-order valence-corrected chi connectivity index (χ1v) is 5.80. The van der Waals surface area contributed by atoms with Gasteiger partial charge in [0, 0.05) is 0 Å². The third-order valence-electron chi connectivity index (χ3n) is 3.03. The highest BCUT2D eigenvalue weighted by Crippen LogP contribution is 2.31. The molecule has 0 unspecified atom stereocenters. The Balaban J connectivity index is 2.38. The maximum Gasteiger partial charge on any atom is 0.113 e. The molecule has 3 heteroatoms. The minimum atomic E-state index is 0.196. The summed E-state index contributed by atoms with van der Waals surface area (Å²) in [7, 11) is 0. The summed E-state index contributed by atoms with van der Waals surface area (Å²) in [4.78, 5) is 0. The van der Waals surface area contributed by atoms with Gasteiger partial charge >= 0.3 is 0 Å². The lowest BCUT2D eigenvalue weighted by molar-refractivity contribution is 0.400. The molecule has 0 amide bonds. The van der Waals surface area contributed by atoms with E-state index < -0.39 is 0 Å². The zero-order chi connectivity index (χ0) is 11.8. The van der Waals surface area contributed by atoms with Crippen molar-refractivity contribution >= 4 is 11.0 Å². The highest BCUT2D eigenvalue weighted by atomic mass is 15.3. The van der Waals surface area contributed by atoms with Gasteiger partial charge in [0.05, 0.1) is 5.52 Å². The first-order valence-electron chi connectivity index (χ1n) is 5.80. The largest absolute Gasteiger partial charge is 0.258 e. The molecule has 86 valence electrons. The van der Waals surface area contributed by atoms with Crippen molar-refractivity contribution < 1.29 is 0 Å². The SMILES string of the molecule is CC(C)CC(C)(C)c1ccc2[nH]nnc2c1. The number of hydrogen-bond acceptors (Lipinski definition) is 2. The van der Waals surface area contributed by atoms with Gasteiger partial charge in [-0.3, -0.25) is 5.10 Å². The monoisotopic (exact) mass is 217 g/mol. The Morgan fingerprint density at radius 2 is 2.06 bits per heavy atom. The van der Waals surface area contributed by atoms with Gasteiger partial charge in [-0.25, -0.2) is 0 Å². The lowest BCUT2D eigenvalue weighted by atomic mass is 9.78. The Labute approximate surface area is 96.3 Å². The van der Waals surface area contributed by atoms with Crippen LogP contribution in [0.25, 0.3) is 11.0 Å².